The standard InChI is InChI=1S/C17H22BrNO3/c1-11-4-3-5-15(12(11)2)19-16(20)10-22-17(21)13-6-8-14(18)9-7-13/h6-9,11-12,15H,3-5,10H2,1-2H3,(H,19,20)/t11-,12+,15-/m1/s1. The number of carbonyl (C=O) groups excluding carboxylic acids is 2. The first-order chi connectivity index (χ1) is 10.5. The van der Waals surface area contributed by atoms with E-state index in [-0.39, 0.29) is 18.6 Å². The highest BCUT2D eigenvalue weighted by atomic mass is 79.9. The molecule has 1 aromatic rings. The smallest absolute Gasteiger partial charge is 0.338 e. The number of hydrogen-bond donors (Lipinski definition) is 1. The first kappa shape index (κ1) is 17.0. The predicted molar refractivity (Wildman–Crippen MR) is 88.5 cm³/mol. The first-order valence-corrected chi connectivity index (χ1v) is 8.48. The fourth-order valence-corrected chi connectivity index (χ4v) is 3.10. The second kappa shape index (κ2) is 7.77. The number of benzene rings is 1. The Balaban J connectivity index is 1.80. The minimum absolute atomic E-state index is 0.183. The number of esters is 1. The molecule has 0 aliphatic heterocycles. The van der Waals surface area contributed by atoms with E-state index in [0.717, 1.165) is 17.3 Å². The summed E-state index contributed by atoms with van der Waals surface area (Å²) in [6, 6.07) is 7.04. The fraction of sp³-hybridized carbons (Fsp3) is 0.529. The van der Waals surface area contributed by atoms with Crippen LogP contribution in [0.3, 0.4) is 0 Å². The van der Waals surface area contributed by atoms with Gasteiger partial charge < -0.3 is 10.1 Å². The molecule has 0 unspecified atom stereocenters. The minimum atomic E-state index is -0.479. The van der Waals surface area contributed by atoms with Gasteiger partial charge in [0.05, 0.1) is 5.56 Å². The maximum atomic E-state index is 12.0. The molecular formula is C17H22BrNO3. The molecule has 2 rings (SSSR count). The SMILES string of the molecule is C[C@H]1[C@H](C)CCC[C@H]1NC(=O)COC(=O)c1ccc(Br)cc1. The highest BCUT2D eigenvalue weighted by Crippen LogP contribution is 2.29. The van der Waals surface area contributed by atoms with E-state index in [1.165, 1.54) is 6.42 Å². The average molecular weight is 368 g/mol. The van der Waals surface area contributed by atoms with Crippen LogP contribution in [0.15, 0.2) is 28.7 Å². The molecule has 22 heavy (non-hydrogen) atoms. The first-order valence-electron chi connectivity index (χ1n) is 7.69. The third-order valence-corrected chi connectivity index (χ3v) is 5.00. The van der Waals surface area contributed by atoms with Gasteiger partial charge in [-0.3, -0.25) is 4.79 Å². The minimum Gasteiger partial charge on any atom is -0.452 e. The van der Waals surface area contributed by atoms with Gasteiger partial charge in [0.2, 0.25) is 0 Å². The Bertz CT molecular complexity index is 529. The van der Waals surface area contributed by atoms with Crippen molar-refractivity contribution in [2.45, 2.75) is 39.2 Å². The van der Waals surface area contributed by atoms with E-state index < -0.39 is 5.97 Å². The third-order valence-electron chi connectivity index (χ3n) is 4.47. The topological polar surface area (TPSA) is 55.4 Å². The van der Waals surface area contributed by atoms with Gasteiger partial charge >= 0.3 is 5.97 Å². The van der Waals surface area contributed by atoms with E-state index in [0.29, 0.717) is 17.4 Å². The van der Waals surface area contributed by atoms with Gasteiger partial charge in [-0.1, -0.05) is 42.6 Å². The molecule has 1 fully saturated rings. The molecule has 3 atom stereocenters. The van der Waals surface area contributed by atoms with Crippen molar-refractivity contribution in [3.05, 3.63) is 34.3 Å². The number of halogens is 1. The molecule has 0 saturated heterocycles. The molecule has 5 heteroatoms. The van der Waals surface area contributed by atoms with Crippen LogP contribution in [0.4, 0.5) is 0 Å². The fourth-order valence-electron chi connectivity index (χ4n) is 2.83. The van der Waals surface area contributed by atoms with Gasteiger partial charge in [0.25, 0.3) is 5.91 Å². The predicted octanol–water partition coefficient (Wildman–Crippen LogP) is 3.55. The summed E-state index contributed by atoms with van der Waals surface area (Å²) in [7, 11) is 0. The summed E-state index contributed by atoms with van der Waals surface area (Å²) >= 11 is 3.31. The lowest BCUT2D eigenvalue weighted by Gasteiger charge is -2.34. The summed E-state index contributed by atoms with van der Waals surface area (Å²) < 4.78 is 5.96. The van der Waals surface area contributed by atoms with E-state index in [9.17, 15) is 9.59 Å². The number of rotatable bonds is 4. The lowest BCUT2D eigenvalue weighted by Crippen LogP contribution is -2.45. The van der Waals surface area contributed by atoms with Crippen LogP contribution in [0.1, 0.15) is 43.5 Å². The normalized spacial score (nSPS) is 24.6. The monoisotopic (exact) mass is 367 g/mol. The molecule has 0 spiro atoms. The highest BCUT2D eigenvalue weighted by molar-refractivity contribution is 9.10. The maximum Gasteiger partial charge on any atom is 0.338 e. The van der Waals surface area contributed by atoms with Crippen molar-refractivity contribution < 1.29 is 14.3 Å². The van der Waals surface area contributed by atoms with Crippen LogP contribution in [0.2, 0.25) is 0 Å². The summed E-state index contributed by atoms with van der Waals surface area (Å²) in [5.41, 5.74) is 0.440. The Kier molecular flexibility index (Phi) is 6.00. The van der Waals surface area contributed by atoms with Crippen molar-refractivity contribution >= 4 is 27.8 Å². The van der Waals surface area contributed by atoms with Crippen LogP contribution in [0.25, 0.3) is 0 Å². The van der Waals surface area contributed by atoms with Crippen LogP contribution in [0.5, 0.6) is 0 Å². The molecule has 0 heterocycles. The highest BCUT2D eigenvalue weighted by Gasteiger charge is 2.28. The van der Waals surface area contributed by atoms with E-state index in [1.54, 1.807) is 24.3 Å². The zero-order valence-corrected chi connectivity index (χ0v) is 14.6. The number of carbonyl (C=O) groups is 2. The number of hydrogen-bond acceptors (Lipinski definition) is 3. The Morgan fingerprint density at radius 2 is 1.91 bits per heavy atom. The molecule has 4 nitrogen and oxygen atoms in total. The van der Waals surface area contributed by atoms with Crippen LogP contribution >= 0.6 is 15.9 Å². The van der Waals surface area contributed by atoms with Crippen molar-refractivity contribution in [3.8, 4) is 0 Å². The van der Waals surface area contributed by atoms with Gasteiger partial charge in [0, 0.05) is 10.5 Å². The van der Waals surface area contributed by atoms with E-state index in [2.05, 4.69) is 35.1 Å². The van der Waals surface area contributed by atoms with Crippen molar-refractivity contribution in [2.75, 3.05) is 6.61 Å². The van der Waals surface area contributed by atoms with Crippen molar-refractivity contribution in [1.29, 1.82) is 0 Å². The van der Waals surface area contributed by atoms with Gasteiger partial charge in [-0.05, 0) is 42.5 Å². The molecule has 120 valence electrons. The van der Waals surface area contributed by atoms with Crippen molar-refractivity contribution in [2.24, 2.45) is 11.8 Å². The van der Waals surface area contributed by atoms with Crippen LogP contribution < -0.4 is 5.32 Å². The largest absolute Gasteiger partial charge is 0.452 e. The molecule has 1 aliphatic carbocycles. The lowest BCUT2D eigenvalue weighted by atomic mass is 9.78. The van der Waals surface area contributed by atoms with Crippen LogP contribution in [-0.4, -0.2) is 24.5 Å². The Morgan fingerprint density at radius 3 is 2.59 bits per heavy atom. The molecule has 0 bridgehead atoms. The van der Waals surface area contributed by atoms with Crippen LogP contribution in [0, 0.1) is 11.8 Å². The lowest BCUT2D eigenvalue weighted by molar-refractivity contribution is -0.125. The number of amides is 1. The molecule has 1 saturated carbocycles. The van der Waals surface area contributed by atoms with Gasteiger partial charge in [0.15, 0.2) is 6.61 Å². The number of ether oxygens (including phenoxy) is 1. The molecule has 1 aliphatic rings. The second-order valence-corrected chi connectivity index (χ2v) is 6.94. The quantitative estimate of drug-likeness (QED) is 0.827. The Labute approximate surface area is 139 Å². The van der Waals surface area contributed by atoms with Crippen molar-refractivity contribution in [1.82, 2.24) is 5.32 Å². The van der Waals surface area contributed by atoms with Gasteiger partial charge in [-0.25, -0.2) is 4.79 Å². The van der Waals surface area contributed by atoms with Gasteiger partial charge in [-0.2, -0.15) is 0 Å². The molecule has 0 aromatic heterocycles. The van der Waals surface area contributed by atoms with Crippen molar-refractivity contribution in [3.63, 3.8) is 0 Å². The Morgan fingerprint density at radius 1 is 1.23 bits per heavy atom. The average Bonchev–Trinajstić information content (AvgIpc) is 2.50. The Hall–Kier alpha value is -1.36. The molecule has 1 N–H and O–H groups in total. The summed E-state index contributed by atoms with van der Waals surface area (Å²) in [6.45, 7) is 4.16. The number of nitrogens with one attached hydrogen (secondary N) is 1. The third kappa shape index (κ3) is 4.57. The summed E-state index contributed by atoms with van der Waals surface area (Å²) in [5, 5.41) is 2.99. The van der Waals surface area contributed by atoms with Crippen LogP contribution in [-0.2, 0) is 9.53 Å². The maximum absolute atomic E-state index is 12.0. The zero-order valence-electron chi connectivity index (χ0n) is 13.0. The van der Waals surface area contributed by atoms with Gasteiger partial charge in [-0.15, -0.1) is 0 Å². The van der Waals surface area contributed by atoms with E-state index >= 15 is 0 Å². The molecule has 0 radical (unpaired) electrons. The van der Waals surface area contributed by atoms with E-state index in [1.807, 2.05) is 0 Å². The second-order valence-electron chi connectivity index (χ2n) is 6.02. The van der Waals surface area contributed by atoms with Gasteiger partial charge in [0.1, 0.15) is 0 Å². The summed E-state index contributed by atoms with van der Waals surface area (Å²) in [6.07, 6.45) is 3.35. The summed E-state index contributed by atoms with van der Waals surface area (Å²) in [4.78, 5) is 23.8. The molecule has 1 aromatic carbocycles. The zero-order chi connectivity index (χ0) is 16.1. The summed E-state index contributed by atoms with van der Waals surface area (Å²) in [5.74, 6) is 0.369. The molecular weight excluding hydrogens is 346 g/mol. The molecule has 1 amide bonds. The van der Waals surface area contributed by atoms with E-state index in [4.69, 9.17) is 4.74 Å².